The SMILES string of the molecule is O=C(O)[C@H]1CC[C@H](c2c(C3CCOCC3)n(-c3ccc(F)c(F)c3)c3cc4cn[nH]c4nc32)CC1. The molecule has 6 rings (SSSR count). The number of aromatic nitrogens is 4. The first kappa shape index (κ1) is 22.2. The fourth-order valence-corrected chi connectivity index (χ4v) is 5.92. The Bertz CT molecular complexity index is 1420. The second kappa shape index (κ2) is 8.71. The Hall–Kier alpha value is -3.33. The number of rotatable bonds is 4. The molecule has 0 spiro atoms. The van der Waals surface area contributed by atoms with Gasteiger partial charge in [0.2, 0.25) is 0 Å². The fourth-order valence-electron chi connectivity index (χ4n) is 5.92. The van der Waals surface area contributed by atoms with Gasteiger partial charge in [-0.05, 0) is 62.6 Å². The van der Waals surface area contributed by atoms with Crippen LogP contribution in [-0.2, 0) is 9.53 Å². The lowest BCUT2D eigenvalue weighted by Gasteiger charge is -2.30. The number of aromatic amines is 1. The standard InChI is InChI=1S/C26H26F2N4O3/c27-19-6-5-18(12-20(19)28)32-21-11-17-13-29-31-25(17)30-23(21)22(24(32)15-7-9-35-10-8-15)14-1-3-16(4-2-14)26(33)34/h5-6,11-16H,1-4,7-10H2,(H,33,34)(H,29,30,31)/t14-,16-. The van der Waals surface area contributed by atoms with Crippen molar-refractivity contribution in [2.24, 2.45) is 5.92 Å². The topological polar surface area (TPSA) is 93.0 Å². The highest BCUT2D eigenvalue weighted by Crippen LogP contribution is 2.46. The maximum atomic E-state index is 14.4. The zero-order chi connectivity index (χ0) is 24.1. The monoisotopic (exact) mass is 480 g/mol. The van der Waals surface area contributed by atoms with Crippen molar-refractivity contribution in [1.82, 2.24) is 19.7 Å². The predicted octanol–water partition coefficient (Wildman–Crippen LogP) is 5.43. The molecule has 35 heavy (non-hydrogen) atoms. The number of aliphatic carboxylic acids is 1. The van der Waals surface area contributed by atoms with Crippen LogP contribution >= 0.6 is 0 Å². The summed E-state index contributed by atoms with van der Waals surface area (Å²) in [6, 6.07) is 6.00. The van der Waals surface area contributed by atoms with Crippen molar-refractivity contribution >= 4 is 28.0 Å². The second-order valence-corrected chi connectivity index (χ2v) is 9.67. The number of hydrogen-bond donors (Lipinski definition) is 2. The number of ether oxygens (including phenoxy) is 1. The maximum absolute atomic E-state index is 14.4. The van der Waals surface area contributed by atoms with Crippen molar-refractivity contribution in [2.75, 3.05) is 13.2 Å². The molecule has 0 atom stereocenters. The number of hydrogen-bond acceptors (Lipinski definition) is 4. The summed E-state index contributed by atoms with van der Waals surface area (Å²) in [5, 5.41) is 17.4. The van der Waals surface area contributed by atoms with Gasteiger partial charge in [0.25, 0.3) is 0 Å². The van der Waals surface area contributed by atoms with E-state index in [0.717, 1.165) is 59.4 Å². The number of carboxylic acid groups (broad SMARTS) is 1. The van der Waals surface area contributed by atoms with E-state index in [2.05, 4.69) is 10.2 Å². The molecule has 0 amide bonds. The number of carbonyl (C=O) groups is 1. The molecule has 0 bridgehead atoms. The van der Waals surface area contributed by atoms with Gasteiger partial charge in [-0.15, -0.1) is 0 Å². The Balaban J connectivity index is 1.62. The van der Waals surface area contributed by atoms with Crippen LogP contribution in [0.25, 0.3) is 27.8 Å². The molecule has 9 heteroatoms. The van der Waals surface area contributed by atoms with E-state index >= 15 is 0 Å². The summed E-state index contributed by atoms with van der Waals surface area (Å²) in [6.45, 7) is 1.26. The average molecular weight is 481 g/mol. The number of fused-ring (bicyclic) bond motifs is 2. The van der Waals surface area contributed by atoms with Gasteiger partial charge in [0, 0.05) is 47.5 Å². The molecular weight excluding hydrogens is 454 g/mol. The Morgan fingerprint density at radius 3 is 2.51 bits per heavy atom. The molecule has 4 heterocycles. The third kappa shape index (κ3) is 3.78. The summed E-state index contributed by atoms with van der Waals surface area (Å²) in [5.74, 6) is -2.57. The maximum Gasteiger partial charge on any atom is 0.306 e. The first-order valence-corrected chi connectivity index (χ1v) is 12.2. The summed E-state index contributed by atoms with van der Waals surface area (Å²) in [4.78, 5) is 16.5. The van der Waals surface area contributed by atoms with Crippen molar-refractivity contribution in [2.45, 2.75) is 50.4 Å². The third-order valence-corrected chi connectivity index (χ3v) is 7.67. The van der Waals surface area contributed by atoms with Crippen LogP contribution in [0.1, 0.15) is 61.6 Å². The third-order valence-electron chi connectivity index (χ3n) is 7.67. The normalized spacial score (nSPS) is 21.7. The molecule has 1 saturated carbocycles. The fraction of sp³-hybridized carbons (Fsp3) is 0.423. The summed E-state index contributed by atoms with van der Waals surface area (Å²) < 4.78 is 36.0. The Morgan fingerprint density at radius 1 is 1.03 bits per heavy atom. The summed E-state index contributed by atoms with van der Waals surface area (Å²) in [7, 11) is 0. The minimum Gasteiger partial charge on any atom is -0.481 e. The Kier molecular flexibility index (Phi) is 5.51. The van der Waals surface area contributed by atoms with Crippen LogP contribution in [0.15, 0.2) is 30.5 Å². The lowest BCUT2D eigenvalue weighted by Crippen LogP contribution is -2.23. The van der Waals surface area contributed by atoms with Crippen LogP contribution in [0.5, 0.6) is 0 Å². The van der Waals surface area contributed by atoms with Crippen LogP contribution in [-0.4, -0.2) is 44.0 Å². The first-order chi connectivity index (χ1) is 17.0. The molecule has 1 aromatic carbocycles. The lowest BCUT2D eigenvalue weighted by atomic mass is 9.76. The van der Waals surface area contributed by atoms with Gasteiger partial charge in [-0.3, -0.25) is 9.89 Å². The van der Waals surface area contributed by atoms with E-state index in [4.69, 9.17) is 9.72 Å². The van der Waals surface area contributed by atoms with Crippen LogP contribution in [0.3, 0.4) is 0 Å². The smallest absolute Gasteiger partial charge is 0.306 e. The number of nitrogens with one attached hydrogen (secondary N) is 1. The Labute approximate surface area is 200 Å². The molecule has 7 nitrogen and oxygen atoms in total. The van der Waals surface area contributed by atoms with Crippen molar-refractivity contribution < 1.29 is 23.4 Å². The molecule has 182 valence electrons. The molecule has 1 saturated heterocycles. The largest absolute Gasteiger partial charge is 0.481 e. The molecule has 4 aromatic rings. The van der Waals surface area contributed by atoms with Gasteiger partial charge in [-0.1, -0.05) is 0 Å². The molecule has 3 aromatic heterocycles. The highest BCUT2D eigenvalue weighted by molar-refractivity contribution is 5.93. The van der Waals surface area contributed by atoms with Gasteiger partial charge < -0.3 is 14.4 Å². The molecule has 1 aliphatic heterocycles. The summed E-state index contributed by atoms with van der Waals surface area (Å²) >= 11 is 0. The van der Waals surface area contributed by atoms with Crippen LogP contribution < -0.4 is 0 Å². The minimum absolute atomic E-state index is 0.130. The first-order valence-electron chi connectivity index (χ1n) is 12.2. The van der Waals surface area contributed by atoms with Gasteiger partial charge in [-0.25, -0.2) is 13.8 Å². The summed E-state index contributed by atoms with van der Waals surface area (Å²) in [6.07, 6.45) is 6.04. The van der Waals surface area contributed by atoms with Gasteiger partial charge >= 0.3 is 5.97 Å². The number of halogens is 2. The highest BCUT2D eigenvalue weighted by Gasteiger charge is 2.35. The Morgan fingerprint density at radius 2 is 1.80 bits per heavy atom. The number of carboxylic acids is 1. The zero-order valence-electron chi connectivity index (χ0n) is 19.1. The van der Waals surface area contributed by atoms with E-state index in [1.54, 1.807) is 12.3 Å². The van der Waals surface area contributed by atoms with Crippen molar-refractivity contribution in [3.8, 4) is 5.69 Å². The van der Waals surface area contributed by atoms with Gasteiger partial charge in [0.05, 0.1) is 23.1 Å². The minimum atomic E-state index is -0.900. The van der Waals surface area contributed by atoms with Gasteiger partial charge in [0.15, 0.2) is 17.3 Å². The van der Waals surface area contributed by atoms with E-state index in [1.165, 1.54) is 6.07 Å². The number of benzene rings is 1. The van der Waals surface area contributed by atoms with Crippen LogP contribution in [0.4, 0.5) is 8.78 Å². The average Bonchev–Trinajstić information content (AvgIpc) is 3.46. The van der Waals surface area contributed by atoms with Crippen LogP contribution in [0.2, 0.25) is 0 Å². The number of pyridine rings is 1. The molecule has 1 aliphatic carbocycles. The molecule has 2 aliphatic rings. The molecule has 2 fully saturated rings. The van der Waals surface area contributed by atoms with E-state index in [-0.39, 0.29) is 17.8 Å². The predicted molar refractivity (Wildman–Crippen MR) is 126 cm³/mol. The van der Waals surface area contributed by atoms with E-state index in [9.17, 15) is 18.7 Å². The van der Waals surface area contributed by atoms with Crippen molar-refractivity contribution in [1.29, 1.82) is 0 Å². The highest BCUT2D eigenvalue weighted by atomic mass is 19.2. The number of nitrogens with zero attached hydrogens (tertiary/aromatic N) is 3. The number of H-pyrrole nitrogens is 1. The zero-order valence-corrected chi connectivity index (χ0v) is 19.1. The van der Waals surface area contributed by atoms with Crippen molar-refractivity contribution in [3.05, 3.63) is 53.4 Å². The van der Waals surface area contributed by atoms with E-state index in [0.29, 0.717) is 37.4 Å². The van der Waals surface area contributed by atoms with E-state index < -0.39 is 17.6 Å². The molecule has 0 unspecified atom stereocenters. The van der Waals surface area contributed by atoms with Crippen LogP contribution in [0, 0.1) is 17.6 Å². The molecule has 2 N–H and O–H groups in total. The van der Waals surface area contributed by atoms with E-state index in [1.807, 2.05) is 10.6 Å². The van der Waals surface area contributed by atoms with Crippen molar-refractivity contribution in [3.63, 3.8) is 0 Å². The molecular formula is C26H26F2N4O3. The summed E-state index contributed by atoms with van der Waals surface area (Å²) in [5.41, 5.74) is 5.00. The van der Waals surface area contributed by atoms with Gasteiger partial charge in [-0.2, -0.15) is 5.10 Å². The van der Waals surface area contributed by atoms with Gasteiger partial charge in [0.1, 0.15) is 0 Å². The molecule has 0 radical (unpaired) electrons. The quantitative estimate of drug-likeness (QED) is 0.406. The lowest BCUT2D eigenvalue weighted by molar-refractivity contribution is -0.142. The second-order valence-electron chi connectivity index (χ2n) is 9.67.